The van der Waals surface area contributed by atoms with E-state index >= 15 is 0 Å². The van der Waals surface area contributed by atoms with Crippen LogP contribution in [0.4, 0.5) is 5.95 Å². The lowest BCUT2D eigenvalue weighted by Gasteiger charge is -2.49. The number of hydrogen-bond acceptors (Lipinski definition) is 4. The summed E-state index contributed by atoms with van der Waals surface area (Å²) in [6.07, 6.45) is 2.40. The fourth-order valence-electron chi connectivity index (χ4n) is 2.40. The first-order valence-electron chi connectivity index (χ1n) is 6.25. The average molecular weight is 246 g/mol. The van der Waals surface area contributed by atoms with Crippen molar-refractivity contribution in [2.45, 2.75) is 39.3 Å². The SMILES string of the molecule is Cc1cccn2nc(NC3CC(O)C3(C)C)nc12. The Labute approximate surface area is 106 Å². The Hall–Kier alpha value is -1.62. The van der Waals surface area contributed by atoms with Gasteiger partial charge < -0.3 is 10.4 Å². The smallest absolute Gasteiger partial charge is 0.243 e. The van der Waals surface area contributed by atoms with Crippen LogP contribution in [0.15, 0.2) is 18.3 Å². The van der Waals surface area contributed by atoms with Crippen molar-refractivity contribution in [2.24, 2.45) is 5.41 Å². The number of anilines is 1. The lowest BCUT2D eigenvalue weighted by molar-refractivity contribution is -0.0512. The third-order valence-electron chi connectivity index (χ3n) is 4.08. The molecule has 0 amide bonds. The molecule has 2 atom stereocenters. The largest absolute Gasteiger partial charge is 0.392 e. The van der Waals surface area contributed by atoms with Crippen LogP contribution in [0.5, 0.6) is 0 Å². The van der Waals surface area contributed by atoms with Crippen molar-refractivity contribution < 1.29 is 5.11 Å². The van der Waals surface area contributed by atoms with Gasteiger partial charge >= 0.3 is 0 Å². The molecule has 0 saturated heterocycles. The molecule has 0 spiro atoms. The van der Waals surface area contributed by atoms with Crippen molar-refractivity contribution in [2.75, 3.05) is 5.32 Å². The second-order valence-corrected chi connectivity index (χ2v) is 5.66. The van der Waals surface area contributed by atoms with Crippen LogP contribution in [0.3, 0.4) is 0 Å². The Bertz CT molecular complexity index is 590. The zero-order chi connectivity index (χ0) is 12.9. The van der Waals surface area contributed by atoms with Crippen molar-refractivity contribution in [1.82, 2.24) is 14.6 Å². The van der Waals surface area contributed by atoms with E-state index in [0.717, 1.165) is 17.6 Å². The number of aromatic nitrogens is 3. The number of hydrogen-bond donors (Lipinski definition) is 2. The van der Waals surface area contributed by atoms with Crippen LogP contribution >= 0.6 is 0 Å². The normalized spacial score (nSPS) is 26.0. The lowest BCUT2D eigenvalue weighted by atomic mass is 9.65. The van der Waals surface area contributed by atoms with Crippen LogP contribution in [0, 0.1) is 12.3 Å². The van der Waals surface area contributed by atoms with Crippen LogP contribution in [0.1, 0.15) is 25.8 Å². The maximum absolute atomic E-state index is 9.72. The lowest BCUT2D eigenvalue weighted by Crippen LogP contribution is -2.57. The van der Waals surface area contributed by atoms with E-state index in [1.807, 2.05) is 25.3 Å². The highest BCUT2D eigenvalue weighted by molar-refractivity contribution is 5.50. The Kier molecular flexibility index (Phi) is 2.35. The predicted octanol–water partition coefficient (Wildman–Crippen LogP) is 1.61. The van der Waals surface area contributed by atoms with Crippen LogP contribution in [-0.4, -0.2) is 31.9 Å². The highest BCUT2D eigenvalue weighted by atomic mass is 16.3. The molecule has 0 aromatic carbocycles. The summed E-state index contributed by atoms with van der Waals surface area (Å²) in [7, 11) is 0. The molecule has 2 heterocycles. The van der Waals surface area contributed by atoms with Crippen LogP contribution in [0.25, 0.3) is 5.65 Å². The molecule has 1 fully saturated rings. The summed E-state index contributed by atoms with van der Waals surface area (Å²) in [4.78, 5) is 4.48. The standard InChI is InChI=1S/C13H18N4O/c1-8-5-4-6-17-11(8)15-12(16-17)14-9-7-10(18)13(9,2)3/h4-6,9-10,18H,7H2,1-3H3,(H,14,16). The van der Waals surface area contributed by atoms with E-state index in [0.29, 0.717) is 5.95 Å². The molecule has 1 aliphatic carbocycles. The van der Waals surface area contributed by atoms with E-state index in [1.54, 1.807) is 4.52 Å². The zero-order valence-electron chi connectivity index (χ0n) is 10.9. The van der Waals surface area contributed by atoms with Gasteiger partial charge in [0.2, 0.25) is 5.95 Å². The topological polar surface area (TPSA) is 62.5 Å². The molecular formula is C13H18N4O. The fourth-order valence-corrected chi connectivity index (χ4v) is 2.40. The molecule has 2 aromatic heterocycles. The van der Waals surface area contributed by atoms with E-state index < -0.39 is 0 Å². The van der Waals surface area contributed by atoms with Gasteiger partial charge in [0.15, 0.2) is 5.65 Å². The van der Waals surface area contributed by atoms with Gasteiger partial charge in [0.05, 0.1) is 6.10 Å². The van der Waals surface area contributed by atoms with Crippen LogP contribution in [-0.2, 0) is 0 Å². The first kappa shape index (κ1) is 11.5. The summed E-state index contributed by atoms with van der Waals surface area (Å²) in [6.45, 7) is 6.13. The minimum atomic E-state index is -0.242. The number of pyridine rings is 1. The molecule has 1 saturated carbocycles. The highest BCUT2D eigenvalue weighted by Gasteiger charge is 2.47. The van der Waals surface area contributed by atoms with E-state index in [1.165, 1.54) is 0 Å². The molecule has 2 N–H and O–H groups in total. The summed E-state index contributed by atoms with van der Waals surface area (Å²) in [5, 5.41) is 17.4. The first-order valence-corrected chi connectivity index (χ1v) is 6.25. The Morgan fingerprint density at radius 3 is 2.89 bits per heavy atom. The number of rotatable bonds is 2. The Morgan fingerprint density at radius 1 is 1.50 bits per heavy atom. The number of aliphatic hydroxyl groups excluding tert-OH is 1. The molecular weight excluding hydrogens is 228 g/mol. The minimum absolute atomic E-state index is 0.119. The van der Waals surface area contributed by atoms with Gasteiger partial charge in [-0.3, -0.25) is 0 Å². The maximum atomic E-state index is 9.72. The van der Waals surface area contributed by atoms with Gasteiger partial charge in [0.25, 0.3) is 0 Å². The van der Waals surface area contributed by atoms with Crippen LogP contribution < -0.4 is 5.32 Å². The van der Waals surface area contributed by atoms with Crippen molar-refractivity contribution in [3.05, 3.63) is 23.9 Å². The average Bonchev–Trinajstić information content (AvgIpc) is 2.73. The van der Waals surface area contributed by atoms with Crippen molar-refractivity contribution >= 4 is 11.6 Å². The third kappa shape index (κ3) is 1.58. The molecule has 5 heteroatoms. The van der Waals surface area contributed by atoms with Gasteiger partial charge in [-0.2, -0.15) is 4.98 Å². The number of aliphatic hydroxyl groups is 1. The molecule has 3 rings (SSSR count). The monoisotopic (exact) mass is 246 g/mol. The van der Waals surface area contributed by atoms with Gasteiger partial charge in [0.1, 0.15) is 0 Å². The maximum Gasteiger partial charge on any atom is 0.243 e. The highest BCUT2D eigenvalue weighted by Crippen LogP contribution is 2.41. The third-order valence-corrected chi connectivity index (χ3v) is 4.08. The van der Waals surface area contributed by atoms with E-state index in [9.17, 15) is 5.11 Å². The van der Waals surface area contributed by atoms with Crippen molar-refractivity contribution in [3.63, 3.8) is 0 Å². The predicted molar refractivity (Wildman–Crippen MR) is 69.5 cm³/mol. The van der Waals surface area contributed by atoms with Crippen molar-refractivity contribution in [1.29, 1.82) is 0 Å². The van der Waals surface area contributed by atoms with Gasteiger partial charge in [-0.15, -0.1) is 5.10 Å². The molecule has 5 nitrogen and oxygen atoms in total. The number of aryl methyl sites for hydroxylation is 1. The molecule has 0 aliphatic heterocycles. The fraction of sp³-hybridized carbons (Fsp3) is 0.538. The van der Waals surface area contributed by atoms with Gasteiger partial charge in [0, 0.05) is 17.7 Å². The summed E-state index contributed by atoms with van der Waals surface area (Å²) < 4.78 is 1.78. The zero-order valence-corrected chi connectivity index (χ0v) is 10.9. The molecule has 2 unspecified atom stereocenters. The Balaban J connectivity index is 1.86. The molecule has 18 heavy (non-hydrogen) atoms. The summed E-state index contributed by atoms with van der Waals surface area (Å²) >= 11 is 0. The number of nitrogens with one attached hydrogen (secondary N) is 1. The second-order valence-electron chi connectivity index (χ2n) is 5.66. The number of nitrogens with zero attached hydrogens (tertiary/aromatic N) is 3. The molecule has 1 aliphatic rings. The minimum Gasteiger partial charge on any atom is -0.392 e. The van der Waals surface area contributed by atoms with Gasteiger partial charge in [-0.25, -0.2) is 4.52 Å². The molecule has 96 valence electrons. The van der Waals surface area contributed by atoms with Gasteiger partial charge in [-0.1, -0.05) is 19.9 Å². The summed E-state index contributed by atoms with van der Waals surface area (Å²) in [5.41, 5.74) is 1.86. The van der Waals surface area contributed by atoms with E-state index in [-0.39, 0.29) is 17.6 Å². The summed E-state index contributed by atoms with van der Waals surface area (Å²) in [6, 6.07) is 4.20. The Morgan fingerprint density at radius 2 is 2.28 bits per heavy atom. The quantitative estimate of drug-likeness (QED) is 0.845. The molecule has 0 radical (unpaired) electrons. The molecule has 0 bridgehead atoms. The number of fused-ring (bicyclic) bond motifs is 1. The summed E-state index contributed by atoms with van der Waals surface area (Å²) in [5.74, 6) is 0.634. The molecule has 2 aromatic rings. The van der Waals surface area contributed by atoms with Crippen LogP contribution in [0.2, 0.25) is 0 Å². The van der Waals surface area contributed by atoms with Gasteiger partial charge in [-0.05, 0) is 25.0 Å². The van der Waals surface area contributed by atoms with E-state index in [4.69, 9.17) is 0 Å². The first-order chi connectivity index (χ1) is 8.48. The van der Waals surface area contributed by atoms with Crippen molar-refractivity contribution in [3.8, 4) is 0 Å². The van der Waals surface area contributed by atoms with E-state index in [2.05, 4.69) is 29.2 Å². The second kappa shape index (κ2) is 3.68.